The fraction of sp³-hybridized carbons (Fsp3) is 0.500. The molecule has 0 saturated heterocycles. The molecule has 0 radical (unpaired) electrons. The second-order valence-electron chi connectivity index (χ2n) is 4.34. The van der Waals surface area contributed by atoms with Crippen LogP contribution >= 0.6 is 0 Å². The Bertz CT molecular complexity index is 535. The highest BCUT2D eigenvalue weighted by atomic mass is 15.3. The molecule has 0 unspecified atom stereocenters. The van der Waals surface area contributed by atoms with Crippen LogP contribution in [0.15, 0.2) is 6.20 Å². The average molecular weight is 233 g/mol. The van der Waals surface area contributed by atoms with E-state index in [9.17, 15) is 0 Å². The Morgan fingerprint density at radius 2 is 1.88 bits per heavy atom. The highest BCUT2D eigenvalue weighted by Crippen LogP contribution is 2.17. The topological polar surface area (TPSA) is 61.7 Å². The van der Waals surface area contributed by atoms with Crippen LogP contribution in [0, 0.1) is 20.8 Å². The third-order valence-corrected chi connectivity index (χ3v) is 3.13. The van der Waals surface area contributed by atoms with Gasteiger partial charge in [-0.05, 0) is 27.7 Å². The molecule has 2 heterocycles. The molecule has 0 aliphatic heterocycles. The molecule has 2 N–H and O–H groups in total. The Labute approximate surface area is 101 Å². The summed E-state index contributed by atoms with van der Waals surface area (Å²) in [4.78, 5) is 0. The number of hydrogen-bond donors (Lipinski definition) is 1. The van der Waals surface area contributed by atoms with Crippen molar-refractivity contribution in [2.75, 3.05) is 5.73 Å². The Balaban J connectivity index is 2.31. The van der Waals surface area contributed by atoms with Crippen molar-refractivity contribution in [1.82, 2.24) is 19.6 Å². The average Bonchev–Trinajstić information content (AvgIpc) is 2.77. The molecule has 0 aliphatic carbocycles. The molecule has 2 aromatic rings. The summed E-state index contributed by atoms with van der Waals surface area (Å²) in [7, 11) is 0. The summed E-state index contributed by atoms with van der Waals surface area (Å²) < 4.78 is 3.88. The Kier molecular flexibility index (Phi) is 2.92. The molecule has 0 spiro atoms. The van der Waals surface area contributed by atoms with Crippen molar-refractivity contribution in [3.8, 4) is 0 Å². The maximum atomic E-state index is 5.92. The van der Waals surface area contributed by atoms with Crippen LogP contribution in [0.5, 0.6) is 0 Å². The van der Waals surface area contributed by atoms with Crippen LogP contribution < -0.4 is 5.73 Å². The van der Waals surface area contributed by atoms with Gasteiger partial charge in [0.25, 0.3) is 0 Å². The van der Waals surface area contributed by atoms with E-state index in [-0.39, 0.29) is 0 Å². The molecule has 92 valence electrons. The zero-order chi connectivity index (χ0) is 12.6. The van der Waals surface area contributed by atoms with Gasteiger partial charge in [-0.1, -0.05) is 0 Å². The molecule has 0 saturated carbocycles. The zero-order valence-corrected chi connectivity index (χ0v) is 10.9. The first-order valence-electron chi connectivity index (χ1n) is 5.85. The molecule has 0 aliphatic rings. The second-order valence-corrected chi connectivity index (χ2v) is 4.34. The highest BCUT2D eigenvalue weighted by Gasteiger charge is 2.11. The number of anilines is 1. The van der Waals surface area contributed by atoms with Gasteiger partial charge in [0.15, 0.2) is 0 Å². The second kappa shape index (κ2) is 4.24. The number of nitrogens with two attached hydrogens (primary N) is 1. The lowest BCUT2D eigenvalue weighted by Gasteiger charge is -2.02. The van der Waals surface area contributed by atoms with Crippen LogP contribution in [0.4, 0.5) is 5.69 Å². The van der Waals surface area contributed by atoms with E-state index in [0.717, 1.165) is 35.9 Å². The Hall–Kier alpha value is -1.78. The molecule has 0 amide bonds. The third-order valence-electron chi connectivity index (χ3n) is 3.13. The van der Waals surface area contributed by atoms with Gasteiger partial charge in [0.05, 0.1) is 29.3 Å². The van der Waals surface area contributed by atoms with Gasteiger partial charge < -0.3 is 5.73 Å². The molecule has 0 bridgehead atoms. The fourth-order valence-corrected chi connectivity index (χ4v) is 1.90. The van der Waals surface area contributed by atoms with Crippen LogP contribution in [0.2, 0.25) is 0 Å². The summed E-state index contributed by atoms with van der Waals surface area (Å²) in [6.45, 7) is 9.65. The fourth-order valence-electron chi connectivity index (χ4n) is 1.90. The molecule has 17 heavy (non-hydrogen) atoms. The first-order chi connectivity index (χ1) is 8.02. The minimum Gasteiger partial charge on any atom is -0.396 e. The van der Waals surface area contributed by atoms with E-state index in [1.54, 1.807) is 0 Å². The van der Waals surface area contributed by atoms with E-state index in [0.29, 0.717) is 0 Å². The molecule has 2 rings (SSSR count). The Morgan fingerprint density at radius 3 is 2.35 bits per heavy atom. The lowest BCUT2D eigenvalue weighted by molar-refractivity contribution is 0.647. The maximum absolute atomic E-state index is 5.92. The van der Waals surface area contributed by atoms with Gasteiger partial charge in [-0.15, -0.1) is 0 Å². The molecular formula is C12H19N5. The summed E-state index contributed by atoms with van der Waals surface area (Å²) in [5, 5.41) is 8.86. The minimum absolute atomic E-state index is 0.732. The minimum atomic E-state index is 0.732. The molecule has 0 atom stereocenters. The Morgan fingerprint density at radius 1 is 1.18 bits per heavy atom. The quantitative estimate of drug-likeness (QED) is 0.877. The number of hydrogen-bond acceptors (Lipinski definition) is 3. The van der Waals surface area contributed by atoms with E-state index in [1.165, 1.54) is 5.56 Å². The van der Waals surface area contributed by atoms with Gasteiger partial charge in [-0.3, -0.25) is 9.36 Å². The number of nitrogens with zero attached hydrogens (tertiary/aromatic N) is 4. The number of aryl methyl sites for hydroxylation is 3. The summed E-state index contributed by atoms with van der Waals surface area (Å²) >= 11 is 0. The van der Waals surface area contributed by atoms with E-state index < -0.39 is 0 Å². The number of aromatic nitrogens is 4. The van der Waals surface area contributed by atoms with Crippen molar-refractivity contribution < 1.29 is 0 Å². The number of nitrogen functional groups attached to an aromatic ring is 1. The van der Waals surface area contributed by atoms with Gasteiger partial charge in [0.2, 0.25) is 0 Å². The van der Waals surface area contributed by atoms with Crippen LogP contribution in [0.1, 0.15) is 29.6 Å². The molecule has 2 aromatic heterocycles. The first kappa shape index (κ1) is 11.7. The van der Waals surface area contributed by atoms with Crippen molar-refractivity contribution >= 4 is 5.69 Å². The van der Waals surface area contributed by atoms with Crippen molar-refractivity contribution in [2.24, 2.45) is 0 Å². The molecule has 5 nitrogen and oxygen atoms in total. The van der Waals surface area contributed by atoms with E-state index in [1.807, 2.05) is 30.1 Å². The number of rotatable bonds is 3. The summed E-state index contributed by atoms with van der Waals surface area (Å²) in [5.41, 5.74) is 10.9. The van der Waals surface area contributed by atoms with Gasteiger partial charge in [-0.2, -0.15) is 10.2 Å². The van der Waals surface area contributed by atoms with Crippen molar-refractivity contribution in [1.29, 1.82) is 0 Å². The predicted molar refractivity (Wildman–Crippen MR) is 67.9 cm³/mol. The smallest absolute Gasteiger partial charge is 0.0826 e. The maximum Gasteiger partial charge on any atom is 0.0826 e. The monoisotopic (exact) mass is 233 g/mol. The predicted octanol–water partition coefficient (Wildman–Crippen LogP) is 1.66. The third kappa shape index (κ3) is 2.05. The van der Waals surface area contributed by atoms with Gasteiger partial charge in [0.1, 0.15) is 0 Å². The molecule has 0 fully saturated rings. The van der Waals surface area contributed by atoms with Crippen LogP contribution in [0.25, 0.3) is 0 Å². The van der Waals surface area contributed by atoms with Crippen molar-refractivity contribution in [3.63, 3.8) is 0 Å². The normalized spacial score (nSPS) is 11.1. The summed E-state index contributed by atoms with van der Waals surface area (Å²) in [5.74, 6) is 0. The van der Waals surface area contributed by atoms with E-state index in [4.69, 9.17) is 5.73 Å². The molecular weight excluding hydrogens is 214 g/mol. The standard InChI is InChI=1S/C12H19N5/c1-5-16-6-11(8(2)14-16)7-17-10(4)12(13)9(3)15-17/h6H,5,7,13H2,1-4H3. The van der Waals surface area contributed by atoms with Crippen LogP contribution in [-0.4, -0.2) is 19.6 Å². The highest BCUT2D eigenvalue weighted by molar-refractivity contribution is 5.47. The van der Waals surface area contributed by atoms with Crippen LogP contribution in [0.3, 0.4) is 0 Å². The molecule has 0 aromatic carbocycles. The van der Waals surface area contributed by atoms with Gasteiger partial charge in [0, 0.05) is 18.3 Å². The van der Waals surface area contributed by atoms with E-state index in [2.05, 4.69) is 23.3 Å². The largest absolute Gasteiger partial charge is 0.396 e. The van der Waals surface area contributed by atoms with Crippen molar-refractivity contribution in [2.45, 2.75) is 40.8 Å². The lowest BCUT2D eigenvalue weighted by atomic mass is 10.2. The summed E-state index contributed by atoms with van der Waals surface area (Å²) in [6.07, 6.45) is 2.07. The molecule has 5 heteroatoms. The van der Waals surface area contributed by atoms with Crippen molar-refractivity contribution in [3.05, 3.63) is 28.8 Å². The van der Waals surface area contributed by atoms with E-state index >= 15 is 0 Å². The first-order valence-corrected chi connectivity index (χ1v) is 5.85. The SMILES string of the molecule is CCn1cc(Cn2nc(C)c(N)c2C)c(C)n1. The van der Waals surface area contributed by atoms with Gasteiger partial charge in [-0.25, -0.2) is 0 Å². The lowest BCUT2D eigenvalue weighted by Crippen LogP contribution is -2.04. The summed E-state index contributed by atoms with van der Waals surface area (Å²) in [6, 6.07) is 0. The van der Waals surface area contributed by atoms with Crippen LogP contribution in [-0.2, 0) is 13.1 Å². The van der Waals surface area contributed by atoms with Gasteiger partial charge >= 0.3 is 0 Å². The zero-order valence-electron chi connectivity index (χ0n) is 10.9.